The van der Waals surface area contributed by atoms with Crippen molar-refractivity contribution in [3.05, 3.63) is 35.2 Å². The van der Waals surface area contributed by atoms with Gasteiger partial charge in [0.25, 0.3) is 0 Å². The lowest BCUT2D eigenvalue weighted by atomic mass is 10.2. The van der Waals surface area contributed by atoms with E-state index in [9.17, 15) is 4.79 Å². The Morgan fingerprint density at radius 1 is 1.45 bits per heavy atom. The van der Waals surface area contributed by atoms with E-state index >= 15 is 0 Å². The van der Waals surface area contributed by atoms with Gasteiger partial charge in [0.15, 0.2) is 0 Å². The average Bonchev–Trinajstić information content (AvgIpc) is 2.67. The van der Waals surface area contributed by atoms with Crippen molar-refractivity contribution in [2.75, 3.05) is 0 Å². The van der Waals surface area contributed by atoms with E-state index in [0.717, 1.165) is 11.3 Å². The number of nitrogens with two attached hydrogens (primary N) is 1. The lowest BCUT2D eigenvalue weighted by Gasteiger charge is -2.05. The summed E-state index contributed by atoms with van der Waals surface area (Å²) in [4.78, 5) is 15.8. The number of pyridine rings is 1. The van der Waals surface area contributed by atoms with Crippen molar-refractivity contribution >= 4 is 48.0 Å². The fraction of sp³-hybridized carbons (Fsp3) is 0.333. The van der Waals surface area contributed by atoms with Gasteiger partial charge in [0.2, 0.25) is 5.91 Å². The number of aromatic nitrogens is 2. The Labute approximate surface area is 134 Å². The van der Waals surface area contributed by atoms with Crippen LogP contribution in [0.2, 0.25) is 5.02 Å². The Morgan fingerprint density at radius 2 is 2.15 bits per heavy atom. The molecule has 1 atom stereocenters. The first kappa shape index (κ1) is 19.0. The molecule has 20 heavy (non-hydrogen) atoms. The third-order valence-electron chi connectivity index (χ3n) is 2.44. The second-order valence-electron chi connectivity index (χ2n) is 4.30. The number of imidazole rings is 1. The molecule has 2 rings (SSSR count). The van der Waals surface area contributed by atoms with Crippen LogP contribution < -0.4 is 11.1 Å². The summed E-state index contributed by atoms with van der Waals surface area (Å²) in [6, 6.07) is 3.47. The molecule has 8 heteroatoms. The number of carbonyl (C=O) groups excluding carboxylic acids is 1. The lowest BCUT2D eigenvalue weighted by molar-refractivity contribution is -0.121. The first-order valence-electron chi connectivity index (χ1n) is 5.70. The highest BCUT2D eigenvalue weighted by atomic mass is 35.5. The second kappa shape index (κ2) is 8.32. The molecule has 0 aromatic carbocycles. The Kier molecular flexibility index (Phi) is 7.90. The van der Waals surface area contributed by atoms with Crippen LogP contribution in [0.5, 0.6) is 0 Å². The fourth-order valence-corrected chi connectivity index (χ4v) is 1.82. The van der Waals surface area contributed by atoms with E-state index in [1.54, 1.807) is 19.2 Å². The zero-order chi connectivity index (χ0) is 13.1. The zero-order valence-electron chi connectivity index (χ0n) is 10.9. The molecule has 2 heterocycles. The van der Waals surface area contributed by atoms with E-state index in [0.29, 0.717) is 18.0 Å². The molecule has 0 fully saturated rings. The molecular formula is C12H17Cl3N4O. The monoisotopic (exact) mass is 338 g/mol. The molecule has 0 aliphatic rings. The molecule has 0 aliphatic carbocycles. The summed E-state index contributed by atoms with van der Waals surface area (Å²) in [5.74, 6) is -0.0694. The summed E-state index contributed by atoms with van der Waals surface area (Å²) in [6.45, 7) is 2.19. The van der Waals surface area contributed by atoms with Crippen molar-refractivity contribution in [1.29, 1.82) is 0 Å². The maximum absolute atomic E-state index is 11.4. The summed E-state index contributed by atoms with van der Waals surface area (Å²) in [6.07, 6.45) is 3.93. The highest BCUT2D eigenvalue weighted by Gasteiger charge is 2.06. The second-order valence-corrected chi connectivity index (χ2v) is 4.74. The molecular weight excluding hydrogens is 323 g/mol. The molecule has 2 aromatic heterocycles. The Bertz CT molecular complexity index is 571. The minimum absolute atomic E-state index is 0. The van der Waals surface area contributed by atoms with Crippen molar-refractivity contribution in [2.45, 2.75) is 25.9 Å². The van der Waals surface area contributed by atoms with Gasteiger partial charge in [-0.3, -0.25) is 4.79 Å². The van der Waals surface area contributed by atoms with Crippen molar-refractivity contribution < 1.29 is 4.79 Å². The molecule has 0 radical (unpaired) electrons. The molecule has 0 spiro atoms. The first-order chi connectivity index (χ1) is 8.54. The van der Waals surface area contributed by atoms with Crippen LogP contribution in [0, 0.1) is 0 Å². The van der Waals surface area contributed by atoms with Crippen LogP contribution in [0.3, 0.4) is 0 Å². The van der Waals surface area contributed by atoms with Crippen molar-refractivity contribution in [2.24, 2.45) is 5.73 Å². The molecule has 112 valence electrons. The van der Waals surface area contributed by atoms with Crippen LogP contribution in [0.25, 0.3) is 5.65 Å². The highest BCUT2D eigenvalue weighted by molar-refractivity contribution is 6.30. The lowest BCUT2D eigenvalue weighted by Crippen LogP contribution is -2.29. The van der Waals surface area contributed by atoms with Gasteiger partial charge in [0.1, 0.15) is 5.65 Å². The Morgan fingerprint density at radius 3 is 2.80 bits per heavy atom. The number of carbonyl (C=O) groups is 1. The van der Waals surface area contributed by atoms with Crippen molar-refractivity contribution in [1.82, 2.24) is 14.7 Å². The first-order valence-corrected chi connectivity index (χ1v) is 6.08. The molecule has 2 aromatic rings. The van der Waals surface area contributed by atoms with Gasteiger partial charge in [0, 0.05) is 24.9 Å². The predicted molar refractivity (Wildman–Crippen MR) is 84.8 cm³/mol. The van der Waals surface area contributed by atoms with Crippen LogP contribution in [-0.4, -0.2) is 21.3 Å². The molecule has 5 nitrogen and oxygen atoms in total. The molecule has 1 unspecified atom stereocenters. The normalized spacial score (nSPS) is 11.3. The third kappa shape index (κ3) is 5.17. The maximum Gasteiger partial charge on any atom is 0.221 e. The van der Waals surface area contributed by atoms with E-state index in [2.05, 4.69) is 10.3 Å². The summed E-state index contributed by atoms with van der Waals surface area (Å²) in [5, 5.41) is 3.42. The quantitative estimate of drug-likeness (QED) is 0.897. The highest BCUT2D eigenvalue weighted by Crippen LogP contribution is 2.11. The molecule has 0 bridgehead atoms. The molecule has 3 N–H and O–H groups in total. The van der Waals surface area contributed by atoms with E-state index in [4.69, 9.17) is 17.3 Å². The largest absolute Gasteiger partial charge is 0.350 e. The van der Waals surface area contributed by atoms with Crippen LogP contribution in [0.15, 0.2) is 24.5 Å². The zero-order valence-corrected chi connectivity index (χ0v) is 13.3. The number of halogens is 3. The van der Waals surface area contributed by atoms with Gasteiger partial charge in [-0.1, -0.05) is 11.6 Å². The van der Waals surface area contributed by atoms with E-state index in [-0.39, 0.29) is 36.8 Å². The SMILES string of the molecule is CC(N)CC(=O)NCc1cn2cc(Cl)ccc2n1.Cl.Cl. The van der Waals surface area contributed by atoms with Gasteiger partial charge in [-0.05, 0) is 19.1 Å². The number of hydrogen-bond donors (Lipinski definition) is 2. The van der Waals surface area contributed by atoms with Crippen molar-refractivity contribution in [3.8, 4) is 0 Å². The van der Waals surface area contributed by atoms with Gasteiger partial charge in [-0.25, -0.2) is 4.98 Å². The summed E-state index contributed by atoms with van der Waals surface area (Å²) < 4.78 is 1.83. The number of fused-ring (bicyclic) bond motifs is 1. The molecule has 1 amide bonds. The predicted octanol–water partition coefficient (Wildman–Crippen LogP) is 2.18. The van der Waals surface area contributed by atoms with Gasteiger partial charge in [-0.2, -0.15) is 0 Å². The number of nitrogens with zero attached hydrogens (tertiary/aromatic N) is 2. The van der Waals surface area contributed by atoms with E-state index < -0.39 is 0 Å². The van der Waals surface area contributed by atoms with Gasteiger partial charge in [-0.15, -0.1) is 24.8 Å². The number of hydrogen-bond acceptors (Lipinski definition) is 3. The minimum atomic E-state index is -0.134. The van der Waals surface area contributed by atoms with Crippen LogP contribution in [0.1, 0.15) is 19.0 Å². The molecule has 0 aliphatic heterocycles. The number of nitrogens with one attached hydrogen (secondary N) is 1. The van der Waals surface area contributed by atoms with E-state index in [1.807, 2.05) is 16.7 Å². The standard InChI is InChI=1S/C12H15ClN4O.2ClH/c1-8(14)4-12(18)15-5-10-7-17-6-9(13)2-3-11(17)16-10;;/h2-3,6-8H,4-5,14H2,1H3,(H,15,18);2*1H. The molecule has 0 saturated heterocycles. The topological polar surface area (TPSA) is 72.4 Å². The number of rotatable bonds is 4. The molecule has 0 saturated carbocycles. The summed E-state index contributed by atoms with van der Waals surface area (Å²) in [7, 11) is 0. The third-order valence-corrected chi connectivity index (χ3v) is 2.66. The van der Waals surface area contributed by atoms with E-state index in [1.165, 1.54) is 0 Å². The van der Waals surface area contributed by atoms with Crippen LogP contribution >= 0.6 is 36.4 Å². The Balaban J connectivity index is 0.00000180. The number of amides is 1. The minimum Gasteiger partial charge on any atom is -0.350 e. The summed E-state index contributed by atoms with van der Waals surface area (Å²) >= 11 is 5.88. The van der Waals surface area contributed by atoms with Gasteiger partial charge in [0.05, 0.1) is 17.3 Å². The maximum atomic E-state index is 11.4. The van der Waals surface area contributed by atoms with Crippen molar-refractivity contribution in [3.63, 3.8) is 0 Å². The smallest absolute Gasteiger partial charge is 0.221 e. The fourth-order valence-electron chi connectivity index (χ4n) is 1.66. The summed E-state index contributed by atoms with van der Waals surface area (Å²) in [5.41, 5.74) is 7.13. The van der Waals surface area contributed by atoms with Gasteiger partial charge < -0.3 is 15.5 Å². The Hall–Kier alpha value is -1.01. The van der Waals surface area contributed by atoms with Crippen LogP contribution in [-0.2, 0) is 11.3 Å². The average molecular weight is 340 g/mol. The van der Waals surface area contributed by atoms with Crippen LogP contribution in [0.4, 0.5) is 0 Å². The van der Waals surface area contributed by atoms with Gasteiger partial charge >= 0.3 is 0 Å².